The first-order valence-electron chi connectivity index (χ1n) is 14.2. The largest absolute Gasteiger partial charge is 0.490 e. The summed E-state index contributed by atoms with van der Waals surface area (Å²) < 4.78 is 63.5. The van der Waals surface area contributed by atoms with Gasteiger partial charge in [0.15, 0.2) is 0 Å². The Hall–Kier alpha value is -3.24. The molecule has 2 aromatic heterocycles. The van der Waals surface area contributed by atoms with Crippen LogP contribution in [0.3, 0.4) is 0 Å². The normalized spacial score (nSPS) is 21.8. The summed E-state index contributed by atoms with van der Waals surface area (Å²) in [5.41, 5.74) is 1.16. The van der Waals surface area contributed by atoms with E-state index < -0.39 is 24.3 Å². The number of aromatic nitrogens is 1. The van der Waals surface area contributed by atoms with Gasteiger partial charge in [-0.15, -0.1) is 11.3 Å². The lowest BCUT2D eigenvalue weighted by atomic mass is 9.60. The summed E-state index contributed by atoms with van der Waals surface area (Å²) in [6.07, 6.45) is -3.08. The molecule has 1 amide bonds. The van der Waals surface area contributed by atoms with Gasteiger partial charge < -0.3 is 15.1 Å². The highest BCUT2D eigenvalue weighted by molar-refractivity contribution is 7.11. The second-order valence-corrected chi connectivity index (χ2v) is 12.8. The zero-order chi connectivity index (χ0) is 33.6. The van der Waals surface area contributed by atoms with Crippen molar-refractivity contribution in [2.75, 3.05) is 39.3 Å². The molecule has 1 unspecified atom stereocenters. The summed E-state index contributed by atoms with van der Waals surface area (Å²) in [4.78, 5) is 45.9. The fourth-order valence-electron chi connectivity index (χ4n) is 6.39. The Morgan fingerprint density at radius 1 is 0.911 bits per heavy atom. The van der Waals surface area contributed by atoms with E-state index in [4.69, 9.17) is 19.8 Å². The standard InChI is InChI=1S/C25H34N4OS.2C2HF3O2/c1-3-29-14-10-25(23(29)30)19-28(16-21-5-4-11-26-15-21)18-24(25)8-12-27(13-9-24)17-22-7-6-20(2)31-22;2*3-2(4,5)1(6)7/h4-7,11,15H,3,8-10,12-14,16-19H2,1-2H3;2*(H,6,7). The van der Waals surface area contributed by atoms with Crippen LogP contribution in [0, 0.1) is 17.8 Å². The average molecular weight is 667 g/mol. The predicted octanol–water partition coefficient (Wildman–Crippen LogP) is 5.05. The number of carbonyl (C=O) groups excluding carboxylic acids is 1. The number of aliphatic carboxylic acids is 2. The van der Waals surface area contributed by atoms with Gasteiger partial charge in [0.25, 0.3) is 0 Å². The van der Waals surface area contributed by atoms with Crippen molar-refractivity contribution in [2.24, 2.45) is 10.8 Å². The topological polar surface area (TPSA) is 114 Å². The highest BCUT2D eigenvalue weighted by Crippen LogP contribution is 2.58. The molecular weight excluding hydrogens is 630 g/mol. The first kappa shape index (κ1) is 36.2. The van der Waals surface area contributed by atoms with Gasteiger partial charge in [0.2, 0.25) is 5.91 Å². The van der Waals surface area contributed by atoms with Crippen LogP contribution in [0.4, 0.5) is 26.3 Å². The van der Waals surface area contributed by atoms with Crippen LogP contribution in [0.25, 0.3) is 0 Å². The lowest BCUT2D eigenvalue weighted by molar-refractivity contribution is -0.193. The molecule has 0 radical (unpaired) electrons. The van der Waals surface area contributed by atoms with Crippen molar-refractivity contribution >= 4 is 29.2 Å². The highest BCUT2D eigenvalue weighted by Gasteiger charge is 2.64. The van der Waals surface area contributed by atoms with E-state index in [1.165, 1.54) is 15.3 Å². The molecule has 0 aromatic carbocycles. The molecule has 0 aliphatic carbocycles. The molecule has 250 valence electrons. The number of amides is 1. The second kappa shape index (κ2) is 14.5. The third-order valence-electron chi connectivity index (χ3n) is 8.52. The summed E-state index contributed by atoms with van der Waals surface area (Å²) in [6, 6.07) is 8.67. The van der Waals surface area contributed by atoms with Crippen molar-refractivity contribution in [2.45, 2.75) is 58.6 Å². The van der Waals surface area contributed by atoms with E-state index in [9.17, 15) is 31.1 Å². The Morgan fingerprint density at radius 2 is 1.51 bits per heavy atom. The van der Waals surface area contributed by atoms with Crippen molar-refractivity contribution in [3.63, 3.8) is 0 Å². The van der Waals surface area contributed by atoms with Crippen LogP contribution >= 0.6 is 11.3 Å². The minimum absolute atomic E-state index is 0.109. The molecule has 3 aliphatic heterocycles. The van der Waals surface area contributed by atoms with Crippen molar-refractivity contribution in [3.8, 4) is 0 Å². The van der Waals surface area contributed by atoms with Gasteiger partial charge in [-0.3, -0.25) is 19.6 Å². The van der Waals surface area contributed by atoms with E-state index >= 15 is 0 Å². The van der Waals surface area contributed by atoms with Crippen LogP contribution < -0.4 is 0 Å². The maximum Gasteiger partial charge on any atom is 0.490 e. The van der Waals surface area contributed by atoms with Crippen molar-refractivity contribution in [1.82, 2.24) is 19.7 Å². The summed E-state index contributed by atoms with van der Waals surface area (Å²) in [7, 11) is 0. The lowest BCUT2D eigenvalue weighted by Gasteiger charge is -2.47. The monoisotopic (exact) mass is 666 g/mol. The molecule has 0 bridgehead atoms. The zero-order valence-electron chi connectivity index (χ0n) is 24.8. The van der Waals surface area contributed by atoms with Crippen molar-refractivity contribution in [3.05, 3.63) is 52.0 Å². The molecule has 3 fully saturated rings. The number of carbonyl (C=O) groups is 3. The zero-order valence-corrected chi connectivity index (χ0v) is 25.6. The SMILES string of the molecule is CCN1CCC2(CN(Cc3cccnc3)CC23CCN(Cc2ccc(C)s2)CC3)C1=O.O=C(O)C(F)(F)F.O=C(O)C(F)(F)F. The molecule has 3 saturated heterocycles. The Kier molecular flexibility index (Phi) is 11.6. The Morgan fingerprint density at radius 3 is 1.96 bits per heavy atom. The Balaban J connectivity index is 0.000000331. The van der Waals surface area contributed by atoms with Crippen molar-refractivity contribution in [1.29, 1.82) is 0 Å². The number of hydrogen-bond acceptors (Lipinski definition) is 7. The van der Waals surface area contributed by atoms with Crippen LogP contribution in [0.5, 0.6) is 0 Å². The van der Waals surface area contributed by atoms with E-state index in [1.807, 2.05) is 29.8 Å². The van der Waals surface area contributed by atoms with Gasteiger partial charge in [-0.1, -0.05) is 6.07 Å². The number of alkyl halides is 6. The number of thiophene rings is 1. The van der Waals surface area contributed by atoms with Crippen molar-refractivity contribution < 1.29 is 50.9 Å². The molecule has 5 rings (SSSR count). The quantitative estimate of drug-likeness (QED) is 0.427. The molecule has 16 heteroatoms. The molecule has 45 heavy (non-hydrogen) atoms. The second-order valence-electron chi connectivity index (χ2n) is 11.4. The molecule has 9 nitrogen and oxygen atoms in total. The minimum atomic E-state index is -5.08. The number of halogens is 6. The van der Waals surface area contributed by atoms with E-state index in [0.717, 1.165) is 71.6 Å². The summed E-state index contributed by atoms with van der Waals surface area (Å²) in [5, 5.41) is 14.2. The van der Waals surface area contributed by atoms with Gasteiger partial charge in [-0.2, -0.15) is 26.3 Å². The summed E-state index contributed by atoms with van der Waals surface area (Å²) in [5.74, 6) is -5.09. The summed E-state index contributed by atoms with van der Waals surface area (Å²) in [6.45, 7) is 12.2. The maximum absolute atomic E-state index is 13.7. The number of likely N-dealkylation sites (tertiary alicyclic amines) is 3. The van der Waals surface area contributed by atoms with Gasteiger partial charge in [0.1, 0.15) is 0 Å². The van der Waals surface area contributed by atoms with Gasteiger partial charge in [-0.25, -0.2) is 9.59 Å². The van der Waals surface area contributed by atoms with E-state index in [-0.39, 0.29) is 10.8 Å². The highest BCUT2D eigenvalue weighted by atomic mass is 32.1. The van der Waals surface area contributed by atoms with E-state index in [1.54, 1.807) is 0 Å². The lowest BCUT2D eigenvalue weighted by Crippen LogP contribution is -2.52. The number of carboxylic acids is 2. The Bertz CT molecular complexity index is 1290. The maximum atomic E-state index is 13.7. The number of piperidine rings is 1. The van der Waals surface area contributed by atoms with Crippen LogP contribution in [0.1, 0.15) is 41.5 Å². The number of hydrogen-bond donors (Lipinski definition) is 2. The van der Waals surface area contributed by atoms with Crippen LogP contribution in [-0.4, -0.2) is 99.4 Å². The number of aryl methyl sites for hydroxylation is 1. The number of pyridine rings is 1. The molecule has 2 N–H and O–H groups in total. The molecule has 2 aromatic rings. The Labute approximate surface area is 260 Å². The van der Waals surface area contributed by atoms with Crippen LogP contribution in [0.15, 0.2) is 36.7 Å². The number of carboxylic acid groups (broad SMARTS) is 2. The van der Waals surface area contributed by atoms with Gasteiger partial charge in [0, 0.05) is 66.8 Å². The fourth-order valence-corrected chi connectivity index (χ4v) is 7.32. The molecular formula is C29H36F6N4O5S. The van der Waals surface area contributed by atoms with Crippen LogP contribution in [0.2, 0.25) is 0 Å². The van der Waals surface area contributed by atoms with E-state index in [2.05, 4.69) is 51.7 Å². The number of rotatable bonds is 5. The molecule has 1 atom stereocenters. The minimum Gasteiger partial charge on any atom is -0.475 e. The number of nitrogens with zero attached hydrogens (tertiary/aromatic N) is 4. The van der Waals surface area contributed by atoms with Gasteiger partial charge in [-0.05, 0) is 70.0 Å². The third-order valence-corrected chi connectivity index (χ3v) is 9.51. The molecule has 3 aliphatic rings. The first-order chi connectivity index (χ1) is 20.9. The van der Waals surface area contributed by atoms with Crippen LogP contribution in [-0.2, 0) is 27.5 Å². The first-order valence-corrected chi connectivity index (χ1v) is 15.0. The van der Waals surface area contributed by atoms with Gasteiger partial charge >= 0.3 is 24.3 Å². The molecule has 5 heterocycles. The van der Waals surface area contributed by atoms with Gasteiger partial charge in [0.05, 0.1) is 5.41 Å². The molecule has 2 spiro atoms. The fraction of sp³-hybridized carbons (Fsp3) is 0.586. The smallest absolute Gasteiger partial charge is 0.475 e. The average Bonchev–Trinajstić information content (AvgIpc) is 3.61. The third kappa shape index (κ3) is 8.94. The predicted molar refractivity (Wildman–Crippen MR) is 152 cm³/mol. The van der Waals surface area contributed by atoms with E-state index in [0.29, 0.717) is 5.91 Å². The summed E-state index contributed by atoms with van der Waals surface area (Å²) >= 11 is 1.91. The molecule has 0 saturated carbocycles. The number of fused-ring (bicyclic) bond motifs is 1.